The van der Waals surface area contributed by atoms with E-state index < -0.39 is 6.09 Å². The molecule has 0 heterocycles. The Kier molecular flexibility index (Phi) is 6.38. The van der Waals surface area contributed by atoms with Gasteiger partial charge in [-0.25, -0.2) is 9.18 Å². The van der Waals surface area contributed by atoms with Crippen LogP contribution in [0.3, 0.4) is 0 Å². The van der Waals surface area contributed by atoms with Crippen LogP contribution >= 0.6 is 11.6 Å². The van der Waals surface area contributed by atoms with Crippen molar-refractivity contribution in [1.29, 1.82) is 0 Å². The average Bonchev–Trinajstić information content (AvgIpc) is 3.09. The van der Waals surface area contributed by atoms with Crippen LogP contribution in [0.4, 0.5) is 9.18 Å². The van der Waals surface area contributed by atoms with Gasteiger partial charge in [0.1, 0.15) is 12.4 Å². The standard InChI is InChI=1S/C26H23ClFNO2/c1-17-14-18(25(28)15-24(17)27)8-6-7-13-29-26(30)31-16-23-21-11-4-2-9-19(21)20-10-3-5-12-22(20)23/h2-6,8-12,14-15,23H,7,13,16H2,1H3,(H,29,30). The molecule has 0 unspecified atom stereocenters. The van der Waals surface area contributed by atoms with Crippen molar-refractivity contribution in [2.45, 2.75) is 19.3 Å². The highest BCUT2D eigenvalue weighted by Gasteiger charge is 2.28. The summed E-state index contributed by atoms with van der Waals surface area (Å²) in [7, 11) is 0. The van der Waals surface area contributed by atoms with Crippen molar-refractivity contribution in [2.75, 3.05) is 13.2 Å². The maximum Gasteiger partial charge on any atom is 0.407 e. The Morgan fingerprint density at radius 3 is 2.42 bits per heavy atom. The lowest BCUT2D eigenvalue weighted by Gasteiger charge is -2.14. The van der Waals surface area contributed by atoms with Crippen LogP contribution in [0.5, 0.6) is 0 Å². The number of hydrogen-bond acceptors (Lipinski definition) is 2. The van der Waals surface area contributed by atoms with Gasteiger partial charge in [0, 0.05) is 23.0 Å². The van der Waals surface area contributed by atoms with Crippen molar-refractivity contribution in [3.8, 4) is 11.1 Å². The van der Waals surface area contributed by atoms with Gasteiger partial charge in [-0.15, -0.1) is 0 Å². The highest BCUT2D eigenvalue weighted by Crippen LogP contribution is 2.44. The first-order valence-corrected chi connectivity index (χ1v) is 10.6. The van der Waals surface area contributed by atoms with Crippen LogP contribution in [-0.2, 0) is 4.74 Å². The molecular weight excluding hydrogens is 413 g/mol. The molecule has 0 atom stereocenters. The molecule has 0 spiro atoms. The average molecular weight is 436 g/mol. The topological polar surface area (TPSA) is 38.3 Å². The van der Waals surface area contributed by atoms with Gasteiger partial charge in [-0.3, -0.25) is 0 Å². The molecule has 1 aliphatic carbocycles. The van der Waals surface area contributed by atoms with Crippen molar-refractivity contribution in [3.63, 3.8) is 0 Å². The molecule has 3 nitrogen and oxygen atoms in total. The zero-order chi connectivity index (χ0) is 21.8. The molecule has 1 amide bonds. The predicted molar refractivity (Wildman–Crippen MR) is 123 cm³/mol. The fourth-order valence-corrected chi connectivity index (χ4v) is 4.07. The quantitative estimate of drug-likeness (QED) is 0.436. The number of rotatable bonds is 6. The van der Waals surface area contributed by atoms with E-state index in [1.807, 2.05) is 37.3 Å². The van der Waals surface area contributed by atoms with Crippen molar-refractivity contribution >= 4 is 23.8 Å². The summed E-state index contributed by atoms with van der Waals surface area (Å²) in [6.07, 6.45) is 3.61. The SMILES string of the molecule is Cc1cc(C=CCCNC(=O)OCC2c3ccccc3-c3ccccc32)c(F)cc1Cl. The number of amides is 1. The number of carbonyl (C=O) groups is 1. The summed E-state index contributed by atoms with van der Waals surface area (Å²) in [6.45, 7) is 2.52. The third-order valence-electron chi connectivity index (χ3n) is 5.50. The van der Waals surface area contributed by atoms with E-state index in [4.69, 9.17) is 16.3 Å². The summed E-state index contributed by atoms with van der Waals surface area (Å²) >= 11 is 5.91. The Hall–Kier alpha value is -3.11. The van der Waals surface area contributed by atoms with Crippen molar-refractivity contribution in [2.24, 2.45) is 0 Å². The summed E-state index contributed by atoms with van der Waals surface area (Å²) in [6, 6.07) is 19.5. The molecule has 0 fully saturated rings. The summed E-state index contributed by atoms with van der Waals surface area (Å²) in [5.41, 5.74) is 6.05. The summed E-state index contributed by atoms with van der Waals surface area (Å²) < 4.78 is 19.4. The van der Waals surface area contributed by atoms with Gasteiger partial charge in [0.2, 0.25) is 0 Å². The molecular formula is C26H23ClFNO2. The lowest BCUT2D eigenvalue weighted by Crippen LogP contribution is -2.26. The minimum Gasteiger partial charge on any atom is -0.449 e. The van der Waals surface area contributed by atoms with E-state index in [1.54, 1.807) is 12.1 Å². The summed E-state index contributed by atoms with van der Waals surface area (Å²) in [4.78, 5) is 12.2. The molecule has 4 rings (SSSR count). The number of hydrogen-bond donors (Lipinski definition) is 1. The number of ether oxygens (including phenoxy) is 1. The van der Waals surface area contributed by atoms with Gasteiger partial charge in [-0.05, 0) is 53.3 Å². The van der Waals surface area contributed by atoms with E-state index in [0.29, 0.717) is 23.6 Å². The highest BCUT2D eigenvalue weighted by atomic mass is 35.5. The van der Waals surface area contributed by atoms with E-state index in [2.05, 4.69) is 29.6 Å². The fraction of sp³-hybridized carbons (Fsp3) is 0.192. The molecule has 3 aromatic rings. The van der Waals surface area contributed by atoms with Crippen LogP contribution in [0.15, 0.2) is 66.7 Å². The number of fused-ring (bicyclic) bond motifs is 3. The number of aryl methyl sites for hydroxylation is 1. The maximum atomic E-state index is 13.9. The second kappa shape index (κ2) is 9.36. The number of benzene rings is 3. The van der Waals surface area contributed by atoms with Crippen molar-refractivity contribution in [1.82, 2.24) is 5.32 Å². The third kappa shape index (κ3) is 4.64. The summed E-state index contributed by atoms with van der Waals surface area (Å²) in [5, 5.41) is 3.16. The normalized spacial score (nSPS) is 12.6. The van der Waals surface area contributed by atoms with Crippen LogP contribution in [-0.4, -0.2) is 19.2 Å². The van der Waals surface area contributed by atoms with Gasteiger partial charge in [-0.2, -0.15) is 0 Å². The van der Waals surface area contributed by atoms with Crippen LogP contribution in [0, 0.1) is 12.7 Å². The molecule has 31 heavy (non-hydrogen) atoms. The number of carbonyl (C=O) groups excluding carboxylic acids is 1. The second-order valence-corrected chi connectivity index (χ2v) is 7.97. The Morgan fingerprint density at radius 2 is 1.74 bits per heavy atom. The molecule has 5 heteroatoms. The lowest BCUT2D eigenvalue weighted by atomic mass is 9.98. The van der Waals surface area contributed by atoms with E-state index in [-0.39, 0.29) is 18.3 Å². The van der Waals surface area contributed by atoms with Crippen LogP contribution in [0.1, 0.15) is 34.6 Å². The zero-order valence-electron chi connectivity index (χ0n) is 17.2. The Labute approximate surface area is 186 Å². The van der Waals surface area contributed by atoms with E-state index in [0.717, 1.165) is 5.56 Å². The lowest BCUT2D eigenvalue weighted by molar-refractivity contribution is 0.143. The van der Waals surface area contributed by atoms with E-state index in [1.165, 1.54) is 28.3 Å². The predicted octanol–water partition coefficient (Wildman–Crippen LogP) is 6.73. The van der Waals surface area contributed by atoms with Gasteiger partial charge >= 0.3 is 6.09 Å². The van der Waals surface area contributed by atoms with Crippen LogP contribution < -0.4 is 5.32 Å². The van der Waals surface area contributed by atoms with Crippen LogP contribution in [0.25, 0.3) is 17.2 Å². The van der Waals surface area contributed by atoms with Crippen molar-refractivity contribution in [3.05, 3.63) is 99.8 Å². The highest BCUT2D eigenvalue weighted by molar-refractivity contribution is 6.31. The summed E-state index contributed by atoms with van der Waals surface area (Å²) in [5.74, 6) is -0.328. The minimum absolute atomic E-state index is 0.0363. The van der Waals surface area contributed by atoms with Crippen LogP contribution in [0.2, 0.25) is 5.02 Å². The Bertz CT molecular complexity index is 1100. The first-order valence-electron chi connectivity index (χ1n) is 10.3. The molecule has 0 aromatic heterocycles. The molecule has 0 saturated carbocycles. The Morgan fingerprint density at radius 1 is 1.10 bits per heavy atom. The van der Waals surface area contributed by atoms with Crippen molar-refractivity contribution < 1.29 is 13.9 Å². The fourth-order valence-electron chi connectivity index (χ4n) is 3.92. The first kappa shape index (κ1) is 21.1. The molecule has 0 radical (unpaired) electrons. The van der Waals surface area contributed by atoms with Gasteiger partial charge < -0.3 is 10.1 Å². The molecule has 0 aliphatic heterocycles. The zero-order valence-corrected chi connectivity index (χ0v) is 18.0. The Balaban J connectivity index is 1.28. The molecule has 1 N–H and O–H groups in total. The van der Waals surface area contributed by atoms with Gasteiger partial charge in [0.05, 0.1) is 0 Å². The molecule has 158 valence electrons. The second-order valence-electron chi connectivity index (χ2n) is 7.57. The smallest absolute Gasteiger partial charge is 0.407 e. The van der Waals surface area contributed by atoms with Gasteiger partial charge in [0.25, 0.3) is 0 Å². The van der Waals surface area contributed by atoms with Gasteiger partial charge in [-0.1, -0.05) is 72.3 Å². The third-order valence-corrected chi connectivity index (χ3v) is 5.91. The number of halogens is 2. The monoisotopic (exact) mass is 435 g/mol. The first-order chi connectivity index (χ1) is 15.0. The largest absolute Gasteiger partial charge is 0.449 e. The molecule has 0 bridgehead atoms. The molecule has 0 saturated heterocycles. The maximum absolute atomic E-state index is 13.9. The molecule has 3 aromatic carbocycles. The number of alkyl carbamates (subject to hydrolysis) is 1. The number of nitrogens with one attached hydrogen (secondary N) is 1. The van der Waals surface area contributed by atoms with E-state index in [9.17, 15) is 9.18 Å². The van der Waals surface area contributed by atoms with Gasteiger partial charge in [0.15, 0.2) is 0 Å². The van der Waals surface area contributed by atoms with E-state index >= 15 is 0 Å². The molecule has 1 aliphatic rings. The minimum atomic E-state index is -0.455.